The van der Waals surface area contributed by atoms with Crippen molar-refractivity contribution in [2.75, 3.05) is 9.80 Å². The molecule has 30 rings (SSSR count). The van der Waals surface area contributed by atoms with Gasteiger partial charge in [-0.3, -0.25) is 0 Å². The molecule has 8 nitrogen and oxygen atoms in total. The molecule has 0 aliphatic carbocycles. The van der Waals surface area contributed by atoms with Gasteiger partial charge in [0.25, 0.3) is 0 Å². The number of benzene rings is 24. The lowest BCUT2D eigenvalue weighted by atomic mass is 9.98. The zero-order valence-electron chi connectivity index (χ0n) is 81.6. The number of nitrogens with zero attached hydrogens (tertiary/aromatic N) is 6. The van der Waals surface area contributed by atoms with Gasteiger partial charge in [0.2, 0.25) is 0 Å². The van der Waals surface area contributed by atoms with E-state index in [4.69, 9.17) is 8.83 Å². The van der Waals surface area contributed by atoms with Crippen LogP contribution in [-0.2, 0) is 0 Å². The maximum absolute atomic E-state index is 6.40. The first-order valence-electron chi connectivity index (χ1n) is 51.3. The third-order valence-electron chi connectivity index (χ3n) is 30.4. The van der Waals surface area contributed by atoms with Gasteiger partial charge >= 0.3 is 0 Å². The zero-order valence-corrected chi connectivity index (χ0v) is 81.6. The molecule has 702 valence electrons. The van der Waals surface area contributed by atoms with E-state index in [1.807, 2.05) is 24.3 Å². The zero-order chi connectivity index (χ0) is 98.8. The van der Waals surface area contributed by atoms with Gasteiger partial charge in [0.1, 0.15) is 22.3 Å². The van der Waals surface area contributed by atoms with E-state index in [0.29, 0.717) is 0 Å². The predicted octanol–water partition coefficient (Wildman–Crippen LogP) is 39.3. The molecular formula is C142H92N6O2. The Balaban J connectivity index is 0.000000141. The van der Waals surface area contributed by atoms with Gasteiger partial charge in [-0.1, -0.05) is 346 Å². The minimum absolute atomic E-state index is 0.899. The minimum atomic E-state index is 0.899. The van der Waals surface area contributed by atoms with E-state index in [-0.39, 0.29) is 0 Å². The van der Waals surface area contributed by atoms with Gasteiger partial charge in [-0.05, 0) is 295 Å². The molecule has 0 saturated carbocycles. The van der Waals surface area contributed by atoms with Crippen molar-refractivity contribution in [3.8, 4) is 101 Å². The van der Waals surface area contributed by atoms with Crippen LogP contribution in [-0.4, -0.2) is 18.3 Å². The summed E-state index contributed by atoms with van der Waals surface area (Å²) in [6, 6.07) is 202. The highest BCUT2D eigenvalue weighted by Crippen LogP contribution is 2.48. The van der Waals surface area contributed by atoms with E-state index >= 15 is 0 Å². The molecule has 0 atom stereocenters. The van der Waals surface area contributed by atoms with Crippen molar-refractivity contribution in [1.82, 2.24) is 18.3 Å². The summed E-state index contributed by atoms with van der Waals surface area (Å²) in [4.78, 5) is 4.74. The molecule has 0 unspecified atom stereocenters. The molecular weight excluding hydrogens is 1820 g/mol. The summed E-state index contributed by atoms with van der Waals surface area (Å²) in [5.41, 5.74) is 40.5. The lowest BCUT2D eigenvalue weighted by Gasteiger charge is -2.26. The summed E-state index contributed by atoms with van der Waals surface area (Å²) in [5.74, 6) is 0. The Hall–Kier alpha value is -20.1. The molecule has 24 aromatic carbocycles. The normalized spacial score (nSPS) is 11.7. The van der Waals surface area contributed by atoms with Gasteiger partial charge in [-0.2, -0.15) is 0 Å². The summed E-state index contributed by atoms with van der Waals surface area (Å²) in [6.07, 6.45) is 0. The highest BCUT2D eigenvalue weighted by molar-refractivity contribution is 6.16. The fourth-order valence-electron chi connectivity index (χ4n) is 23.2. The molecule has 0 N–H and O–H groups in total. The molecule has 0 saturated heterocycles. The van der Waals surface area contributed by atoms with E-state index < -0.39 is 0 Å². The first kappa shape index (κ1) is 86.6. The molecule has 0 spiro atoms. The molecule has 0 amide bonds. The van der Waals surface area contributed by atoms with Crippen LogP contribution in [0.2, 0.25) is 0 Å². The van der Waals surface area contributed by atoms with Crippen LogP contribution in [0.4, 0.5) is 34.1 Å². The highest BCUT2D eigenvalue weighted by Gasteiger charge is 2.25. The number of hydrogen-bond acceptors (Lipinski definition) is 4. The first-order chi connectivity index (χ1) is 74.3. The summed E-state index contributed by atoms with van der Waals surface area (Å²) < 4.78 is 22.1. The van der Waals surface area contributed by atoms with Gasteiger partial charge in [-0.15, -0.1) is 0 Å². The molecule has 0 radical (unpaired) electrons. The first-order valence-corrected chi connectivity index (χ1v) is 51.3. The van der Waals surface area contributed by atoms with Crippen molar-refractivity contribution >= 4 is 176 Å². The predicted molar refractivity (Wildman–Crippen MR) is 630 cm³/mol. The van der Waals surface area contributed by atoms with Gasteiger partial charge in [0.15, 0.2) is 0 Å². The number of rotatable bonds is 17. The van der Waals surface area contributed by atoms with E-state index in [9.17, 15) is 0 Å². The molecule has 8 heteroatoms. The van der Waals surface area contributed by atoms with Crippen LogP contribution in [0.15, 0.2) is 567 Å². The number of fused-ring (bicyclic) bond motifs is 19. The van der Waals surface area contributed by atoms with Crippen LogP contribution in [0.3, 0.4) is 0 Å². The molecule has 0 aliphatic rings. The Labute approximate surface area is 865 Å². The number of para-hydroxylation sites is 11. The second kappa shape index (κ2) is 36.1. The van der Waals surface area contributed by atoms with Crippen LogP contribution < -0.4 is 9.80 Å². The van der Waals surface area contributed by atoms with Crippen molar-refractivity contribution in [2.45, 2.75) is 0 Å². The average molecular weight is 1910 g/mol. The SMILES string of the molecule is c1ccc(-n2c3ccccc3c3cc(-c4ccc(N(c5ccc(-c6ccc(-c7cccc8c7oc7ccccc78)cc6)cc5)c5ccc(-c6ccc7c8ccccc8n(-c8ccccc8)c7c6)cc5)cc4)ccc32)cc1.c1ccc(-n2c3ccccc3c3cc(-c4ccc5cc(N(c6ccc(-c7ccc8oc9ccccc9c8c7)cc6)c6ccc(-c7ccc8c9ccccc9n(-c9ccccc9)c8c7)cc6)ccc5c4)ccc32)cc1. The maximum atomic E-state index is 6.40. The van der Waals surface area contributed by atoms with E-state index in [1.165, 1.54) is 126 Å². The van der Waals surface area contributed by atoms with Crippen LogP contribution in [0.5, 0.6) is 0 Å². The Bertz CT molecular complexity index is 10500. The number of anilines is 6. The third kappa shape index (κ3) is 15.0. The lowest BCUT2D eigenvalue weighted by Crippen LogP contribution is -2.09. The summed E-state index contributed by atoms with van der Waals surface area (Å²) in [7, 11) is 0. The quantitative estimate of drug-likeness (QED) is 0.0912. The summed E-state index contributed by atoms with van der Waals surface area (Å²) in [5, 5.41) is 16.9. The topological polar surface area (TPSA) is 52.5 Å². The largest absolute Gasteiger partial charge is 0.456 e. The summed E-state index contributed by atoms with van der Waals surface area (Å²) >= 11 is 0. The standard InChI is InChI=1S/C72H47N3O.C70H45N3O/c1-3-14-55(15-4-1)74-68-24-11-8-19-62(68)66-46-53(37-45-69(66)74)50-32-40-58(41-33-50)73(57-38-30-49(31-39-57)48-26-28-52(29-27-48)60-21-13-22-65-64-20-9-12-25-71(64)76-72(60)65)59-42-34-51(35-43-59)54-36-44-63-61-18-7-10-23-67(61)75(70(63)47-54)56-16-5-2-6-17-56;1-3-13-54(14-4-1)72-66-21-11-8-18-60(66)63-43-52(31-39-67(63)72)48-23-24-50-42-58(37-29-49(50)41-48)71(56-33-25-46(26-34-56)51-32-40-70-64(44-51)62-19-9-12-22-69(62)74-70)57-35-27-47(28-36-57)53-30-38-61-59-17-7-10-20-65(59)73(68(61)45-53)55-15-5-2-6-16-55/h1-47H;1-45H. The van der Waals surface area contributed by atoms with E-state index in [1.54, 1.807) is 0 Å². The third-order valence-corrected chi connectivity index (χ3v) is 30.4. The Morgan fingerprint density at radius 1 is 0.133 bits per heavy atom. The van der Waals surface area contributed by atoms with Gasteiger partial charge in [0, 0.05) is 127 Å². The minimum Gasteiger partial charge on any atom is -0.456 e. The van der Waals surface area contributed by atoms with Crippen molar-refractivity contribution < 1.29 is 8.83 Å². The monoisotopic (exact) mass is 1910 g/mol. The van der Waals surface area contributed by atoms with Gasteiger partial charge in [0.05, 0.1) is 44.1 Å². The fourth-order valence-corrected chi connectivity index (χ4v) is 23.2. The van der Waals surface area contributed by atoms with Crippen molar-refractivity contribution in [3.05, 3.63) is 558 Å². The van der Waals surface area contributed by atoms with Crippen molar-refractivity contribution in [2.24, 2.45) is 0 Å². The second-order valence-corrected chi connectivity index (χ2v) is 39.0. The average Bonchev–Trinajstić information content (AvgIpc) is 1.59. The highest BCUT2D eigenvalue weighted by atomic mass is 16.3. The van der Waals surface area contributed by atoms with Crippen LogP contribution in [0, 0.1) is 0 Å². The molecule has 6 aromatic heterocycles. The Morgan fingerprint density at radius 3 is 0.833 bits per heavy atom. The maximum Gasteiger partial charge on any atom is 0.143 e. The van der Waals surface area contributed by atoms with E-state index in [0.717, 1.165) is 151 Å². The lowest BCUT2D eigenvalue weighted by molar-refractivity contribution is 0.669. The number of aromatic nitrogens is 4. The molecule has 30 aromatic rings. The Morgan fingerprint density at radius 2 is 0.393 bits per heavy atom. The Kier molecular flexibility index (Phi) is 20.8. The van der Waals surface area contributed by atoms with Crippen molar-refractivity contribution in [1.29, 1.82) is 0 Å². The molecule has 150 heavy (non-hydrogen) atoms. The fraction of sp³-hybridized carbons (Fsp3) is 0. The second-order valence-electron chi connectivity index (χ2n) is 39.0. The van der Waals surface area contributed by atoms with Crippen LogP contribution in [0.25, 0.3) is 243 Å². The smallest absolute Gasteiger partial charge is 0.143 e. The number of furan rings is 2. The molecule has 0 aliphatic heterocycles. The molecule has 6 heterocycles. The molecule has 0 fully saturated rings. The van der Waals surface area contributed by atoms with Crippen LogP contribution >= 0.6 is 0 Å². The van der Waals surface area contributed by atoms with Gasteiger partial charge < -0.3 is 36.9 Å². The summed E-state index contributed by atoms with van der Waals surface area (Å²) in [6.45, 7) is 0. The van der Waals surface area contributed by atoms with Crippen molar-refractivity contribution in [3.63, 3.8) is 0 Å². The molecule has 0 bridgehead atoms. The number of hydrogen-bond donors (Lipinski definition) is 0. The van der Waals surface area contributed by atoms with Crippen LogP contribution in [0.1, 0.15) is 0 Å². The van der Waals surface area contributed by atoms with Gasteiger partial charge in [-0.25, -0.2) is 0 Å². The van der Waals surface area contributed by atoms with E-state index in [2.05, 4.69) is 562 Å².